The molecule has 0 aromatic heterocycles. The first-order valence-electron chi connectivity index (χ1n) is 7.12. The maximum atomic E-state index is 12.0. The van der Waals surface area contributed by atoms with Crippen molar-refractivity contribution < 1.29 is 13.2 Å². The monoisotopic (exact) mass is 286 g/mol. The molecule has 0 fully saturated rings. The van der Waals surface area contributed by atoms with Crippen molar-refractivity contribution in [3.8, 4) is 0 Å². The predicted molar refractivity (Wildman–Crippen MR) is 73.7 cm³/mol. The summed E-state index contributed by atoms with van der Waals surface area (Å²) in [7, 11) is 0. The van der Waals surface area contributed by atoms with E-state index in [0.717, 1.165) is 19.6 Å². The molecule has 1 heterocycles. The first-order chi connectivity index (χ1) is 9.56. The Hall–Kier alpha value is -1.07. The predicted octanol–water partition coefficient (Wildman–Crippen LogP) is 3.20. The van der Waals surface area contributed by atoms with Gasteiger partial charge in [0.05, 0.1) is 0 Å². The summed E-state index contributed by atoms with van der Waals surface area (Å²) in [6.07, 6.45) is -3.92. The van der Waals surface area contributed by atoms with Gasteiger partial charge >= 0.3 is 6.18 Å². The second kappa shape index (κ2) is 7.09. The number of fused-ring (bicyclic) bond motifs is 1. The maximum absolute atomic E-state index is 12.0. The van der Waals surface area contributed by atoms with Gasteiger partial charge < -0.3 is 10.6 Å². The van der Waals surface area contributed by atoms with Crippen molar-refractivity contribution in [1.29, 1.82) is 0 Å². The Morgan fingerprint density at radius 2 is 2.00 bits per heavy atom. The van der Waals surface area contributed by atoms with E-state index < -0.39 is 12.6 Å². The molecular weight excluding hydrogens is 265 g/mol. The highest BCUT2D eigenvalue weighted by Gasteiger charge is 2.25. The van der Waals surface area contributed by atoms with Crippen LogP contribution in [0.15, 0.2) is 24.3 Å². The minimum Gasteiger partial charge on any atom is -0.316 e. The van der Waals surface area contributed by atoms with Gasteiger partial charge in [0.1, 0.15) is 0 Å². The Kier molecular flexibility index (Phi) is 5.43. The van der Waals surface area contributed by atoms with Crippen LogP contribution in [0.1, 0.15) is 36.3 Å². The van der Waals surface area contributed by atoms with E-state index in [1.54, 1.807) is 0 Å². The van der Waals surface area contributed by atoms with Gasteiger partial charge in [-0.15, -0.1) is 0 Å². The van der Waals surface area contributed by atoms with E-state index in [9.17, 15) is 13.2 Å². The van der Waals surface area contributed by atoms with Gasteiger partial charge in [-0.2, -0.15) is 13.2 Å². The molecule has 0 radical (unpaired) electrons. The summed E-state index contributed by atoms with van der Waals surface area (Å²) < 4.78 is 36.0. The quantitative estimate of drug-likeness (QED) is 0.785. The summed E-state index contributed by atoms with van der Waals surface area (Å²) in [5.74, 6) is 0.405. The zero-order valence-corrected chi connectivity index (χ0v) is 11.5. The highest BCUT2D eigenvalue weighted by atomic mass is 19.4. The van der Waals surface area contributed by atoms with Crippen molar-refractivity contribution in [2.45, 2.75) is 37.9 Å². The molecule has 2 nitrogen and oxygen atoms in total. The Balaban J connectivity index is 1.68. The molecule has 2 N–H and O–H groups in total. The molecule has 1 aromatic carbocycles. The summed E-state index contributed by atoms with van der Waals surface area (Å²) in [4.78, 5) is 0. The van der Waals surface area contributed by atoms with E-state index in [4.69, 9.17) is 0 Å². The van der Waals surface area contributed by atoms with Crippen molar-refractivity contribution in [1.82, 2.24) is 10.6 Å². The van der Waals surface area contributed by atoms with Crippen LogP contribution < -0.4 is 10.6 Å². The molecule has 20 heavy (non-hydrogen) atoms. The lowest BCUT2D eigenvalue weighted by Gasteiger charge is -2.26. The summed E-state index contributed by atoms with van der Waals surface area (Å²) in [6, 6.07) is 8.35. The van der Waals surface area contributed by atoms with Crippen LogP contribution >= 0.6 is 0 Å². The fraction of sp³-hybridized carbons (Fsp3) is 0.600. The number of benzene rings is 1. The topological polar surface area (TPSA) is 24.1 Å². The van der Waals surface area contributed by atoms with Crippen LogP contribution in [0.4, 0.5) is 13.2 Å². The standard InChI is InChI=1S/C15H21F3N2/c16-15(17,18)7-3-4-8-19-10-13-11-20-9-12-5-1-2-6-14(12)13/h1-2,5-6,13,19-20H,3-4,7-11H2. The maximum Gasteiger partial charge on any atom is 0.389 e. The third kappa shape index (κ3) is 4.80. The summed E-state index contributed by atoms with van der Waals surface area (Å²) in [5.41, 5.74) is 2.68. The number of hydrogen-bond acceptors (Lipinski definition) is 2. The SMILES string of the molecule is FC(F)(F)CCCCNCC1CNCc2ccccc21. The molecule has 1 aromatic rings. The van der Waals surface area contributed by atoms with Crippen LogP contribution in [0.5, 0.6) is 0 Å². The Labute approximate surface area is 117 Å². The molecule has 0 amide bonds. The molecule has 112 valence electrons. The lowest BCUT2D eigenvalue weighted by molar-refractivity contribution is -0.135. The van der Waals surface area contributed by atoms with Gasteiger partial charge in [0.2, 0.25) is 0 Å². The summed E-state index contributed by atoms with van der Waals surface area (Å²) in [6.45, 7) is 3.29. The molecule has 1 unspecified atom stereocenters. The number of halogens is 3. The molecule has 0 saturated carbocycles. The van der Waals surface area contributed by atoms with E-state index in [1.807, 2.05) is 12.1 Å². The van der Waals surface area contributed by atoms with Gasteiger partial charge in [0, 0.05) is 32.0 Å². The van der Waals surface area contributed by atoms with E-state index in [1.165, 1.54) is 11.1 Å². The van der Waals surface area contributed by atoms with Crippen molar-refractivity contribution in [3.05, 3.63) is 35.4 Å². The molecule has 5 heteroatoms. The number of alkyl halides is 3. The highest BCUT2D eigenvalue weighted by Crippen LogP contribution is 2.23. The second-order valence-electron chi connectivity index (χ2n) is 5.30. The van der Waals surface area contributed by atoms with E-state index in [0.29, 0.717) is 18.9 Å². The molecule has 0 saturated heterocycles. The summed E-state index contributed by atoms with van der Waals surface area (Å²) in [5, 5.41) is 6.65. The minimum absolute atomic E-state index is 0.204. The largest absolute Gasteiger partial charge is 0.389 e. The molecule has 1 atom stereocenters. The van der Waals surface area contributed by atoms with Crippen molar-refractivity contribution >= 4 is 0 Å². The van der Waals surface area contributed by atoms with Crippen molar-refractivity contribution in [3.63, 3.8) is 0 Å². The molecular formula is C15H21F3N2. The van der Waals surface area contributed by atoms with Gasteiger partial charge in [0.25, 0.3) is 0 Å². The third-order valence-electron chi connectivity index (χ3n) is 3.66. The summed E-state index contributed by atoms with van der Waals surface area (Å²) >= 11 is 0. The van der Waals surface area contributed by atoms with Gasteiger partial charge in [-0.3, -0.25) is 0 Å². The number of nitrogens with one attached hydrogen (secondary N) is 2. The normalized spacial score (nSPS) is 18.9. The number of rotatable bonds is 6. The Bertz CT molecular complexity index is 418. The van der Waals surface area contributed by atoms with Gasteiger partial charge in [-0.1, -0.05) is 24.3 Å². The van der Waals surface area contributed by atoms with Crippen molar-refractivity contribution in [2.75, 3.05) is 19.6 Å². The van der Waals surface area contributed by atoms with Gasteiger partial charge in [-0.25, -0.2) is 0 Å². The van der Waals surface area contributed by atoms with Crippen molar-refractivity contribution in [2.24, 2.45) is 0 Å². The molecule has 0 bridgehead atoms. The lowest BCUT2D eigenvalue weighted by Crippen LogP contribution is -2.34. The first-order valence-corrected chi connectivity index (χ1v) is 7.12. The second-order valence-corrected chi connectivity index (χ2v) is 5.30. The number of unbranched alkanes of at least 4 members (excludes halogenated alkanes) is 1. The Morgan fingerprint density at radius 1 is 1.20 bits per heavy atom. The lowest BCUT2D eigenvalue weighted by atomic mass is 9.91. The third-order valence-corrected chi connectivity index (χ3v) is 3.66. The average molecular weight is 286 g/mol. The fourth-order valence-electron chi connectivity index (χ4n) is 2.62. The first kappa shape index (κ1) is 15.3. The van der Waals surface area contributed by atoms with E-state index >= 15 is 0 Å². The molecule has 2 rings (SSSR count). The molecule has 1 aliphatic heterocycles. The smallest absolute Gasteiger partial charge is 0.316 e. The number of hydrogen-bond donors (Lipinski definition) is 2. The minimum atomic E-state index is -4.02. The van der Waals surface area contributed by atoms with E-state index in [2.05, 4.69) is 22.8 Å². The van der Waals surface area contributed by atoms with Crippen LogP contribution in [0, 0.1) is 0 Å². The Morgan fingerprint density at radius 3 is 2.80 bits per heavy atom. The zero-order chi connectivity index (χ0) is 14.4. The molecule has 0 spiro atoms. The van der Waals surface area contributed by atoms with Crippen LogP contribution in [-0.2, 0) is 6.54 Å². The van der Waals surface area contributed by atoms with Crippen LogP contribution in [0.25, 0.3) is 0 Å². The fourth-order valence-corrected chi connectivity index (χ4v) is 2.62. The molecule has 0 aliphatic carbocycles. The van der Waals surface area contributed by atoms with Crippen LogP contribution in [0.3, 0.4) is 0 Å². The van der Waals surface area contributed by atoms with E-state index in [-0.39, 0.29) is 6.42 Å². The van der Waals surface area contributed by atoms with Gasteiger partial charge in [0.15, 0.2) is 0 Å². The average Bonchev–Trinajstić information content (AvgIpc) is 2.41. The van der Waals surface area contributed by atoms with Crippen LogP contribution in [0.2, 0.25) is 0 Å². The van der Waals surface area contributed by atoms with Crippen LogP contribution in [-0.4, -0.2) is 25.8 Å². The highest BCUT2D eigenvalue weighted by molar-refractivity contribution is 5.32. The zero-order valence-electron chi connectivity index (χ0n) is 11.5. The van der Waals surface area contributed by atoms with Gasteiger partial charge in [-0.05, 0) is 30.5 Å². The molecule has 1 aliphatic rings.